The molecule has 1 aliphatic carbocycles. The second-order valence-corrected chi connectivity index (χ2v) is 6.29. The summed E-state index contributed by atoms with van der Waals surface area (Å²) in [5.74, 6) is 2.13. The van der Waals surface area contributed by atoms with Crippen LogP contribution in [0.15, 0.2) is 21.3 Å². The van der Waals surface area contributed by atoms with Gasteiger partial charge in [0.1, 0.15) is 0 Å². The van der Waals surface area contributed by atoms with E-state index >= 15 is 0 Å². The van der Waals surface area contributed by atoms with Crippen molar-refractivity contribution in [2.75, 3.05) is 13.1 Å². The van der Waals surface area contributed by atoms with Crippen LogP contribution >= 0.6 is 11.3 Å². The van der Waals surface area contributed by atoms with Gasteiger partial charge in [-0.1, -0.05) is 5.16 Å². The van der Waals surface area contributed by atoms with Crippen LogP contribution < -0.4 is 0 Å². The lowest BCUT2D eigenvalue weighted by molar-refractivity contribution is -0.131. The second kappa shape index (κ2) is 4.70. The maximum absolute atomic E-state index is 12.0. The average Bonchev–Trinajstić information content (AvgIpc) is 2.94. The SMILES string of the molecule is O=C(C1CC1)N1CC[C@H](c2noc(-c3ccsc3)n2)C1. The number of nitrogens with zero attached hydrogens (tertiary/aromatic N) is 3. The normalized spacial score (nSPS) is 22.4. The summed E-state index contributed by atoms with van der Waals surface area (Å²) in [7, 11) is 0. The van der Waals surface area contributed by atoms with E-state index in [1.165, 1.54) is 0 Å². The Labute approximate surface area is 120 Å². The van der Waals surface area contributed by atoms with Crippen molar-refractivity contribution in [2.45, 2.75) is 25.2 Å². The van der Waals surface area contributed by atoms with Crippen molar-refractivity contribution in [3.63, 3.8) is 0 Å². The second-order valence-electron chi connectivity index (χ2n) is 5.51. The van der Waals surface area contributed by atoms with E-state index in [0.717, 1.165) is 43.7 Å². The molecule has 104 valence electrons. The molecule has 1 saturated heterocycles. The molecule has 2 aliphatic rings. The monoisotopic (exact) mass is 289 g/mol. The number of likely N-dealkylation sites (tertiary alicyclic amines) is 1. The summed E-state index contributed by atoms with van der Waals surface area (Å²) in [4.78, 5) is 18.5. The lowest BCUT2D eigenvalue weighted by atomic mass is 10.1. The lowest BCUT2D eigenvalue weighted by Crippen LogP contribution is -2.29. The first kappa shape index (κ1) is 12.1. The first-order valence-electron chi connectivity index (χ1n) is 6.96. The number of rotatable bonds is 3. The quantitative estimate of drug-likeness (QED) is 0.871. The molecule has 0 spiro atoms. The Balaban J connectivity index is 1.47. The van der Waals surface area contributed by atoms with E-state index in [0.29, 0.717) is 17.7 Å². The van der Waals surface area contributed by atoms with E-state index in [4.69, 9.17) is 4.52 Å². The maximum Gasteiger partial charge on any atom is 0.258 e. The molecule has 5 nitrogen and oxygen atoms in total. The Morgan fingerprint density at radius 2 is 2.30 bits per heavy atom. The highest BCUT2D eigenvalue weighted by Crippen LogP contribution is 2.34. The van der Waals surface area contributed by atoms with E-state index in [1.54, 1.807) is 11.3 Å². The third kappa shape index (κ3) is 2.14. The van der Waals surface area contributed by atoms with E-state index in [-0.39, 0.29) is 5.92 Å². The first-order valence-corrected chi connectivity index (χ1v) is 7.90. The van der Waals surface area contributed by atoms with Gasteiger partial charge in [0.25, 0.3) is 5.89 Å². The maximum atomic E-state index is 12.0. The summed E-state index contributed by atoms with van der Waals surface area (Å²) in [6.45, 7) is 1.56. The molecule has 0 unspecified atom stereocenters. The number of carbonyl (C=O) groups excluding carboxylic acids is 1. The standard InChI is InChI=1S/C14H15N3O2S/c18-14(9-1-2-9)17-5-3-10(7-17)12-15-13(19-16-12)11-4-6-20-8-11/h4,6,8-10H,1-3,5,7H2/t10-/m0/s1. The molecule has 2 aromatic rings. The molecular weight excluding hydrogens is 274 g/mol. The Bertz CT molecular complexity index is 618. The summed E-state index contributed by atoms with van der Waals surface area (Å²) in [5, 5.41) is 8.07. The minimum Gasteiger partial charge on any atom is -0.342 e. The Kier molecular flexibility index (Phi) is 2.84. The van der Waals surface area contributed by atoms with Crippen LogP contribution in [0.3, 0.4) is 0 Å². The van der Waals surface area contributed by atoms with Crippen molar-refractivity contribution in [2.24, 2.45) is 5.92 Å². The van der Waals surface area contributed by atoms with Crippen LogP contribution in [0.5, 0.6) is 0 Å². The molecule has 1 amide bonds. The van der Waals surface area contributed by atoms with Gasteiger partial charge in [-0.3, -0.25) is 4.79 Å². The molecular formula is C14H15N3O2S. The van der Waals surface area contributed by atoms with Gasteiger partial charge >= 0.3 is 0 Å². The van der Waals surface area contributed by atoms with E-state index in [9.17, 15) is 4.79 Å². The zero-order chi connectivity index (χ0) is 13.5. The fraction of sp³-hybridized carbons (Fsp3) is 0.500. The number of hydrogen-bond acceptors (Lipinski definition) is 5. The van der Waals surface area contributed by atoms with Crippen LogP contribution in [0, 0.1) is 5.92 Å². The zero-order valence-corrected chi connectivity index (χ0v) is 11.8. The molecule has 3 heterocycles. The van der Waals surface area contributed by atoms with Crippen molar-refractivity contribution >= 4 is 17.2 Å². The smallest absolute Gasteiger partial charge is 0.258 e. The molecule has 1 saturated carbocycles. The van der Waals surface area contributed by atoms with Crippen LogP contribution in [0.4, 0.5) is 0 Å². The van der Waals surface area contributed by atoms with Gasteiger partial charge in [-0.2, -0.15) is 16.3 Å². The molecule has 2 aromatic heterocycles. The minimum atomic E-state index is 0.217. The highest BCUT2D eigenvalue weighted by atomic mass is 32.1. The van der Waals surface area contributed by atoms with Crippen LogP contribution in [0.1, 0.15) is 31.0 Å². The van der Waals surface area contributed by atoms with Crippen LogP contribution in [-0.2, 0) is 4.79 Å². The number of amides is 1. The van der Waals surface area contributed by atoms with Gasteiger partial charge in [0.05, 0.1) is 5.56 Å². The Hall–Kier alpha value is -1.69. The molecule has 1 atom stereocenters. The lowest BCUT2D eigenvalue weighted by Gasteiger charge is -2.14. The predicted molar refractivity (Wildman–Crippen MR) is 74.3 cm³/mol. The third-order valence-corrected chi connectivity index (χ3v) is 4.68. The van der Waals surface area contributed by atoms with Gasteiger partial charge in [-0.25, -0.2) is 0 Å². The highest BCUT2D eigenvalue weighted by molar-refractivity contribution is 7.08. The van der Waals surface area contributed by atoms with Crippen molar-refractivity contribution < 1.29 is 9.32 Å². The molecule has 2 fully saturated rings. The molecule has 0 radical (unpaired) electrons. The number of thiophene rings is 1. The van der Waals surface area contributed by atoms with E-state index < -0.39 is 0 Å². The van der Waals surface area contributed by atoms with Crippen molar-refractivity contribution in [3.8, 4) is 11.5 Å². The average molecular weight is 289 g/mol. The molecule has 0 bridgehead atoms. The predicted octanol–water partition coefficient (Wildman–Crippen LogP) is 2.52. The summed E-state index contributed by atoms with van der Waals surface area (Å²) < 4.78 is 5.32. The van der Waals surface area contributed by atoms with Gasteiger partial charge < -0.3 is 9.42 Å². The first-order chi connectivity index (χ1) is 9.81. The molecule has 20 heavy (non-hydrogen) atoms. The van der Waals surface area contributed by atoms with Crippen LogP contribution in [-0.4, -0.2) is 34.0 Å². The largest absolute Gasteiger partial charge is 0.342 e. The molecule has 4 rings (SSSR count). The Morgan fingerprint density at radius 3 is 3.05 bits per heavy atom. The van der Waals surface area contributed by atoms with E-state index in [1.807, 2.05) is 21.7 Å². The minimum absolute atomic E-state index is 0.217. The zero-order valence-electron chi connectivity index (χ0n) is 11.0. The van der Waals surface area contributed by atoms with Gasteiger partial charge in [0.2, 0.25) is 5.91 Å². The molecule has 6 heteroatoms. The van der Waals surface area contributed by atoms with Gasteiger partial charge in [0.15, 0.2) is 5.82 Å². The number of aromatic nitrogens is 2. The van der Waals surface area contributed by atoms with Gasteiger partial charge in [0, 0.05) is 30.3 Å². The van der Waals surface area contributed by atoms with Gasteiger partial charge in [-0.05, 0) is 30.7 Å². The summed E-state index contributed by atoms with van der Waals surface area (Å²) in [6, 6.07) is 1.97. The van der Waals surface area contributed by atoms with E-state index in [2.05, 4.69) is 10.1 Å². The van der Waals surface area contributed by atoms with Gasteiger partial charge in [-0.15, -0.1) is 0 Å². The topological polar surface area (TPSA) is 59.2 Å². The number of hydrogen-bond donors (Lipinski definition) is 0. The summed E-state index contributed by atoms with van der Waals surface area (Å²) in [5.41, 5.74) is 0.970. The Morgan fingerprint density at radius 1 is 1.40 bits per heavy atom. The third-order valence-electron chi connectivity index (χ3n) is 4.00. The fourth-order valence-electron chi connectivity index (χ4n) is 2.66. The van der Waals surface area contributed by atoms with Crippen LogP contribution in [0.2, 0.25) is 0 Å². The molecule has 1 aliphatic heterocycles. The fourth-order valence-corrected chi connectivity index (χ4v) is 3.29. The number of carbonyl (C=O) groups is 1. The molecule has 0 N–H and O–H groups in total. The summed E-state index contributed by atoms with van der Waals surface area (Å²) >= 11 is 1.61. The van der Waals surface area contributed by atoms with Crippen molar-refractivity contribution in [1.29, 1.82) is 0 Å². The highest BCUT2D eigenvalue weighted by Gasteiger charge is 2.38. The van der Waals surface area contributed by atoms with Crippen LogP contribution in [0.25, 0.3) is 11.5 Å². The summed E-state index contributed by atoms with van der Waals surface area (Å²) in [6.07, 6.45) is 3.05. The molecule has 0 aromatic carbocycles. The van der Waals surface area contributed by atoms with Crippen molar-refractivity contribution in [1.82, 2.24) is 15.0 Å². The van der Waals surface area contributed by atoms with Crippen molar-refractivity contribution in [3.05, 3.63) is 22.7 Å².